The van der Waals surface area contributed by atoms with Gasteiger partial charge in [0, 0.05) is 11.3 Å². The normalized spacial score (nSPS) is 13.5. The van der Waals surface area contributed by atoms with Gasteiger partial charge in [0.1, 0.15) is 11.5 Å². The van der Waals surface area contributed by atoms with Crippen LogP contribution in [0.3, 0.4) is 0 Å². The highest BCUT2D eigenvalue weighted by atomic mass is 32.2. The van der Waals surface area contributed by atoms with E-state index in [0.29, 0.717) is 6.07 Å². The van der Waals surface area contributed by atoms with E-state index in [1.165, 1.54) is 11.8 Å². The van der Waals surface area contributed by atoms with Crippen LogP contribution in [0.2, 0.25) is 0 Å². The standard InChI is InChI=1S/C12H15FN2O5S/c1-6(11(5-16)21-2)14-9-3-7(12(17)18)8(13)4-10(9)15(19)20/h3-4,6,11,14,16H,5H2,1-2H3,(H,17,18). The van der Waals surface area contributed by atoms with E-state index in [4.69, 9.17) is 5.11 Å². The van der Waals surface area contributed by atoms with Gasteiger partial charge in [-0.15, -0.1) is 0 Å². The molecule has 7 nitrogen and oxygen atoms in total. The van der Waals surface area contributed by atoms with Crippen LogP contribution in [0, 0.1) is 15.9 Å². The molecule has 1 rings (SSSR count). The number of hydrogen-bond acceptors (Lipinski definition) is 6. The molecule has 2 unspecified atom stereocenters. The lowest BCUT2D eigenvalue weighted by Gasteiger charge is -2.22. The highest BCUT2D eigenvalue weighted by molar-refractivity contribution is 7.99. The molecule has 0 aliphatic carbocycles. The van der Waals surface area contributed by atoms with Crippen molar-refractivity contribution in [1.29, 1.82) is 0 Å². The Bertz CT molecular complexity index is 551. The number of carbonyl (C=O) groups is 1. The van der Waals surface area contributed by atoms with Crippen molar-refractivity contribution in [3.05, 3.63) is 33.6 Å². The third kappa shape index (κ3) is 4.05. The van der Waals surface area contributed by atoms with Gasteiger partial charge in [-0.2, -0.15) is 11.8 Å². The molecule has 0 aromatic heterocycles. The SMILES string of the molecule is CSC(CO)C(C)Nc1cc(C(=O)O)c(F)cc1[N+](=O)[O-]. The number of nitrogens with one attached hydrogen (secondary N) is 1. The summed E-state index contributed by atoms with van der Waals surface area (Å²) in [5.41, 5.74) is -1.30. The quantitative estimate of drug-likeness (QED) is 0.520. The maximum atomic E-state index is 13.5. The zero-order valence-electron chi connectivity index (χ0n) is 11.4. The van der Waals surface area contributed by atoms with Crippen molar-refractivity contribution in [2.75, 3.05) is 18.2 Å². The lowest BCUT2D eigenvalue weighted by atomic mass is 10.1. The number of halogens is 1. The molecule has 0 radical (unpaired) electrons. The molecule has 0 bridgehead atoms. The molecule has 0 amide bonds. The number of carboxylic acid groups (broad SMARTS) is 1. The molecule has 9 heteroatoms. The topological polar surface area (TPSA) is 113 Å². The summed E-state index contributed by atoms with van der Waals surface area (Å²) in [4.78, 5) is 21.1. The number of nitro groups is 1. The van der Waals surface area contributed by atoms with Gasteiger partial charge in [-0.1, -0.05) is 0 Å². The number of anilines is 1. The number of aliphatic hydroxyl groups is 1. The van der Waals surface area contributed by atoms with Crippen LogP contribution in [-0.4, -0.2) is 45.3 Å². The van der Waals surface area contributed by atoms with Gasteiger partial charge in [-0.05, 0) is 19.2 Å². The Kier molecular flexibility index (Phi) is 5.91. The molecule has 0 saturated carbocycles. The van der Waals surface area contributed by atoms with Crippen molar-refractivity contribution < 1.29 is 24.3 Å². The van der Waals surface area contributed by atoms with Gasteiger partial charge in [-0.3, -0.25) is 10.1 Å². The van der Waals surface area contributed by atoms with E-state index in [9.17, 15) is 24.4 Å². The Hall–Kier alpha value is -1.87. The van der Waals surface area contributed by atoms with Crippen molar-refractivity contribution in [1.82, 2.24) is 0 Å². The maximum Gasteiger partial charge on any atom is 0.338 e. The average Bonchev–Trinajstić information content (AvgIpc) is 2.41. The number of aliphatic hydroxyl groups excluding tert-OH is 1. The van der Waals surface area contributed by atoms with Gasteiger partial charge in [-0.25, -0.2) is 9.18 Å². The van der Waals surface area contributed by atoms with Crippen molar-refractivity contribution >= 4 is 29.1 Å². The first-order chi connectivity index (χ1) is 9.81. The fraction of sp³-hybridized carbons (Fsp3) is 0.417. The third-order valence-corrected chi connectivity index (χ3v) is 4.10. The molecule has 0 aliphatic heterocycles. The average molecular weight is 318 g/mol. The molecule has 116 valence electrons. The van der Waals surface area contributed by atoms with Gasteiger partial charge >= 0.3 is 5.97 Å². The molecule has 21 heavy (non-hydrogen) atoms. The first-order valence-electron chi connectivity index (χ1n) is 5.93. The summed E-state index contributed by atoms with van der Waals surface area (Å²) in [7, 11) is 0. The molecule has 3 N–H and O–H groups in total. The Labute approximate surface area is 124 Å². The molecule has 2 atom stereocenters. The second-order valence-corrected chi connectivity index (χ2v) is 5.38. The number of rotatable bonds is 7. The smallest absolute Gasteiger partial charge is 0.338 e. The van der Waals surface area contributed by atoms with E-state index < -0.39 is 28.0 Å². The van der Waals surface area contributed by atoms with Crippen LogP contribution < -0.4 is 5.32 Å². The summed E-state index contributed by atoms with van der Waals surface area (Å²) < 4.78 is 13.5. The minimum absolute atomic E-state index is 0.0983. The van der Waals surface area contributed by atoms with E-state index in [1.54, 1.807) is 13.2 Å². The van der Waals surface area contributed by atoms with E-state index in [-0.39, 0.29) is 23.6 Å². The summed E-state index contributed by atoms with van der Waals surface area (Å²) in [5.74, 6) is -2.68. The predicted octanol–water partition coefficient (Wildman–Crippen LogP) is 1.96. The van der Waals surface area contributed by atoms with Crippen LogP contribution >= 0.6 is 11.8 Å². The highest BCUT2D eigenvalue weighted by Gasteiger charge is 2.24. The van der Waals surface area contributed by atoms with Crippen LogP contribution in [0.15, 0.2) is 12.1 Å². The zero-order chi connectivity index (χ0) is 16.2. The monoisotopic (exact) mass is 318 g/mol. The van der Waals surface area contributed by atoms with Crippen molar-refractivity contribution in [2.45, 2.75) is 18.2 Å². The third-order valence-electron chi connectivity index (χ3n) is 2.94. The maximum absolute atomic E-state index is 13.5. The number of benzene rings is 1. The Balaban J connectivity index is 3.22. The van der Waals surface area contributed by atoms with E-state index in [1.807, 2.05) is 0 Å². The minimum Gasteiger partial charge on any atom is -0.478 e. The molecule has 0 aliphatic rings. The minimum atomic E-state index is -1.51. The number of hydrogen-bond donors (Lipinski definition) is 3. The van der Waals surface area contributed by atoms with Crippen molar-refractivity contribution in [3.8, 4) is 0 Å². The summed E-state index contributed by atoms with van der Waals surface area (Å²) >= 11 is 1.35. The van der Waals surface area contributed by atoms with Crippen molar-refractivity contribution in [2.24, 2.45) is 0 Å². The Morgan fingerprint density at radius 3 is 2.62 bits per heavy atom. The molecular weight excluding hydrogens is 303 g/mol. The predicted molar refractivity (Wildman–Crippen MR) is 77.5 cm³/mol. The lowest BCUT2D eigenvalue weighted by molar-refractivity contribution is -0.384. The second kappa shape index (κ2) is 7.23. The second-order valence-electron chi connectivity index (χ2n) is 4.30. The van der Waals surface area contributed by atoms with Crippen LogP contribution in [0.5, 0.6) is 0 Å². The van der Waals surface area contributed by atoms with E-state index >= 15 is 0 Å². The van der Waals surface area contributed by atoms with Crippen LogP contribution in [-0.2, 0) is 0 Å². The molecule has 1 aromatic carbocycles. The number of carboxylic acids is 1. The molecular formula is C12H15FN2O5S. The fourth-order valence-electron chi connectivity index (χ4n) is 1.77. The van der Waals surface area contributed by atoms with E-state index in [2.05, 4.69) is 5.32 Å². The molecule has 0 fully saturated rings. The van der Waals surface area contributed by atoms with Gasteiger partial charge in [0.25, 0.3) is 5.69 Å². The Morgan fingerprint density at radius 1 is 1.57 bits per heavy atom. The van der Waals surface area contributed by atoms with Gasteiger partial charge < -0.3 is 15.5 Å². The highest BCUT2D eigenvalue weighted by Crippen LogP contribution is 2.29. The summed E-state index contributed by atoms with van der Waals surface area (Å²) in [6, 6.07) is 1.09. The summed E-state index contributed by atoms with van der Waals surface area (Å²) in [6.45, 7) is 1.53. The summed E-state index contributed by atoms with van der Waals surface area (Å²) in [6.07, 6.45) is 1.76. The molecule has 0 saturated heterocycles. The van der Waals surface area contributed by atoms with E-state index in [0.717, 1.165) is 6.07 Å². The number of nitro benzene ring substituents is 1. The first kappa shape index (κ1) is 17.2. The number of nitrogens with zero attached hydrogens (tertiary/aromatic N) is 1. The number of thioether (sulfide) groups is 1. The zero-order valence-corrected chi connectivity index (χ0v) is 12.2. The number of aromatic carboxylic acids is 1. The molecule has 0 heterocycles. The Morgan fingerprint density at radius 2 is 2.19 bits per heavy atom. The molecule has 0 spiro atoms. The fourth-order valence-corrected chi connectivity index (χ4v) is 2.39. The first-order valence-corrected chi connectivity index (χ1v) is 7.22. The summed E-state index contributed by atoms with van der Waals surface area (Å²) in [5, 5.41) is 31.5. The molecule has 1 aromatic rings. The largest absolute Gasteiger partial charge is 0.478 e. The van der Waals surface area contributed by atoms with Gasteiger partial charge in [0.05, 0.1) is 23.2 Å². The van der Waals surface area contributed by atoms with Crippen LogP contribution in [0.25, 0.3) is 0 Å². The van der Waals surface area contributed by atoms with Gasteiger partial charge in [0.2, 0.25) is 0 Å². The van der Waals surface area contributed by atoms with Gasteiger partial charge in [0.15, 0.2) is 0 Å². The van der Waals surface area contributed by atoms with Crippen LogP contribution in [0.1, 0.15) is 17.3 Å². The van der Waals surface area contributed by atoms with Crippen molar-refractivity contribution in [3.63, 3.8) is 0 Å². The van der Waals surface area contributed by atoms with Crippen LogP contribution in [0.4, 0.5) is 15.8 Å². The lowest BCUT2D eigenvalue weighted by Crippen LogP contribution is -2.31.